The lowest BCUT2D eigenvalue weighted by Gasteiger charge is -2.36. The highest BCUT2D eigenvalue weighted by atomic mass is 32.2. The van der Waals surface area contributed by atoms with Crippen LogP contribution in [-0.4, -0.2) is 51.0 Å². The van der Waals surface area contributed by atoms with Gasteiger partial charge in [0, 0.05) is 44.9 Å². The molecule has 0 aliphatic carbocycles. The van der Waals surface area contributed by atoms with E-state index in [1.807, 2.05) is 23.1 Å². The zero-order valence-electron chi connectivity index (χ0n) is 14.8. The minimum Gasteiger partial charge on any atom is -0.368 e. The Morgan fingerprint density at radius 3 is 2.30 bits per heavy atom. The first-order valence-corrected chi connectivity index (χ1v) is 10.2. The minimum absolute atomic E-state index is 0.200. The normalized spacial score (nSPS) is 15.7. The highest BCUT2D eigenvalue weighted by Crippen LogP contribution is 2.29. The maximum atomic E-state index is 11.9. The van der Waals surface area contributed by atoms with Crippen molar-refractivity contribution in [1.82, 2.24) is 4.90 Å². The average molecular weight is 390 g/mol. The second kappa shape index (κ2) is 8.03. The third-order valence-electron chi connectivity index (χ3n) is 4.73. The lowest BCUT2D eigenvalue weighted by Crippen LogP contribution is -2.47. The van der Waals surface area contributed by atoms with Gasteiger partial charge in [-0.1, -0.05) is 30.3 Å². The van der Waals surface area contributed by atoms with Crippen LogP contribution in [0.15, 0.2) is 53.4 Å². The number of non-ortho nitro benzene ring substituents is 1. The van der Waals surface area contributed by atoms with E-state index in [0.29, 0.717) is 18.8 Å². The molecule has 0 saturated carbocycles. The van der Waals surface area contributed by atoms with E-state index in [0.717, 1.165) is 32.1 Å². The first kappa shape index (κ1) is 19.3. The number of nitrogens with two attached hydrogens (primary N) is 1. The van der Waals surface area contributed by atoms with Crippen molar-refractivity contribution in [1.29, 1.82) is 0 Å². The van der Waals surface area contributed by atoms with Gasteiger partial charge in [-0.25, -0.2) is 13.6 Å². The molecule has 9 heteroatoms. The van der Waals surface area contributed by atoms with Gasteiger partial charge in [0.05, 0.1) is 10.6 Å². The lowest BCUT2D eigenvalue weighted by atomic mass is 10.1. The molecule has 8 nitrogen and oxygen atoms in total. The summed E-state index contributed by atoms with van der Waals surface area (Å²) in [5.74, 6) is 0. The Bertz CT molecular complexity index is 910. The summed E-state index contributed by atoms with van der Waals surface area (Å²) in [4.78, 5) is 14.4. The van der Waals surface area contributed by atoms with Gasteiger partial charge in [0.1, 0.15) is 4.90 Å². The zero-order valence-corrected chi connectivity index (χ0v) is 15.6. The third kappa shape index (κ3) is 4.82. The first-order valence-electron chi connectivity index (χ1n) is 8.67. The quantitative estimate of drug-likeness (QED) is 0.593. The Morgan fingerprint density at radius 2 is 1.70 bits per heavy atom. The number of nitro groups is 1. The molecule has 1 aliphatic rings. The number of benzene rings is 2. The van der Waals surface area contributed by atoms with E-state index in [1.165, 1.54) is 17.7 Å². The van der Waals surface area contributed by atoms with E-state index >= 15 is 0 Å². The van der Waals surface area contributed by atoms with Crippen molar-refractivity contribution < 1.29 is 13.3 Å². The molecule has 1 fully saturated rings. The fourth-order valence-electron chi connectivity index (χ4n) is 3.25. The Morgan fingerprint density at radius 1 is 1.04 bits per heavy atom. The van der Waals surface area contributed by atoms with Gasteiger partial charge in [0.15, 0.2) is 0 Å². The summed E-state index contributed by atoms with van der Waals surface area (Å²) < 4.78 is 23.8. The third-order valence-corrected chi connectivity index (χ3v) is 5.67. The summed E-state index contributed by atoms with van der Waals surface area (Å²) in [5, 5.41) is 16.2. The van der Waals surface area contributed by atoms with Gasteiger partial charge in [-0.15, -0.1) is 0 Å². The molecule has 0 bridgehead atoms. The van der Waals surface area contributed by atoms with Crippen LogP contribution in [0.25, 0.3) is 0 Å². The molecule has 2 N–H and O–H groups in total. The molecule has 2 aromatic rings. The predicted octanol–water partition coefficient (Wildman–Crippen LogP) is 1.61. The summed E-state index contributed by atoms with van der Waals surface area (Å²) in [6.07, 6.45) is 0.959. The molecular formula is C18H22N4O4S. The van der Waals surface area contributed by atoms with Crippen LogP contribution < -0.4 is 10.0 Å². The number of rotatable bonds is 6. The number of piperazine rings is 1. The van der Waals surface area contributed by atoms with E-state index in [9.17, 15) is 18.5 Å². The van der Waals surface area contributed by atoms with E-state index in [1.54, 1.807) is 0 Å². The van der Waals surface area contributed by atoms with Crippen LogP contribution in [0.3, 0.4) is 0 Å². The van der Waals surface area contributed by atoms with Crippen molar-refractivity contribution >= 4 is 21.4 Å². The number of sulfonamides is 1. The van der Waals surface area contributed by atoms with Crippen molar-refractivity contribution in [3.05, 3.63) is 64.2 Å². The van der Waals surface area contributed by atoms with Gasteiger partial charge in [-0.2, -0.15) is 0 Å². The second-order valence-electron chi connectivity index (χ2n) is 6.52. The van der Waals surface area contributed by atoms with E-state index < -0.39 is 14.9 Å². The van der Waals surface area contributed by atoms with Crippen LogP contribution in [0.4, 0.5) is 11.4 Å². The topological polar surface area (TPSA) is 110 Å². The highest BCUT2D eigenvalue weighted by Gasteiger charge is 2.25. The van der Waals surface area contributed by atoms with Crippen LogP contribution in [0.1, 0.15) is 5.56 Å². The summed E-state index contributed by atoms with van der Waals surface area (Å²) in [7, 11) is -4.06. The maximum Gasteiger partial charge on any atom is 0.270 e. The van der Waals surface area contributed by atoms with Crippen molar-refractivity contribution in [3.8, 4) is 0 Å². The fraction of sp³-hybridized carbons (Fsp3) is 0.333. The van der Waals surface area contributed by atoms with E-state index in [4.69, 9.17) is 5.14 Å². The van der Waals surface area contributed by atoms with Crippen molar-refractivity contribution in [2.45, 2.75) is 11.3 Å². The summed E-state index contributed by atoms with van der Waals surface area (Å²) in [6.45, 7) is 3.77. The molecule has 1 aliphatic heterocycles. The second-order valence-corrected chi connectivity index (χ2v) is 8.05. The van der Waals surface area contributed by atoms with Gasteiger partial charge in [-0.05, 0) is 18.1 Å². The standard InChI is InChI=1S/C18H22N4O4S/c19-27(25,26)18-14-16(22(23)24)6-7-17(18)21-12-10-20(11-13-21)9-8-15-4-2-1-3-5-15/h1-7,14H,8-13H2,(H2,19,25,26). The SMILES string of the molecule is NS(=O)(=O)c1cc([N+](=O)[O-])ccc1N1CCN(CCc2ccccc2)CC1. The van der Waals surface area contributed by atoms with Crippen LogP contribution in [-0.2, 0) is 16.4 Å². The van der Waals surface area contributed by atoms with E-state index in [-0.39, 0.29) is 10.6 Å². The highest BCUT2D eigenvalue weighted by molar-refractivity contribution is 7.89. The van der Waals surface area contributed by atoms with E-state index in [2.05, 4.69) is 17.0 Å². The molecule has 1 saturated heterocycles. The number of anilines is 1. The molecular weight excluding hydrogens is 368 g/mol. The monoisotopic (exact) mass is 390 g/mol. The van der Waals surface area contributed by atoms with Crippen molar-refractivity contribution in [2.24, 2.45) is 5.14 Å². The van der Waals surface area contributed by atoms with Crippen LogP contribution in [0.5, 0.6) is 0 Å². The fourth-order valence-corrected chi connectivity index (χ4v) is 4.02. The molecule has 3 rings (SSSR count). The molecule has 144 valence electrons. The maximum absolute atomic E-state index is 11.9. The summed E-state index contributed by atoms with van der Waals surface area (Å²) in [6, 6.07) is 14.1. The van der Waals surface area contributed by atoms with Crippen molar-refractivity contribution in [2.75, 3.05) is 37.6 Å². The minimum atomic E-state index is -4.06. The lowest BCUT2D eigenvalue weighted by molar-refractivity contribution is -0.385. The molecule has 2 aromatic carbocycles. The van der Waals surface area contributed by atoms with Gasteiger partial charge in [0.25, 0.3) is 5.69 Å². The Hall–Kier alpha value is -2.49. The number of nitrogens with zero attached hydrogens (tertiary/aromatic N) is 3. The van der Waals surface area contributed by atoms with Crippen LogP contribution >= 0.6 is 0 Å². The van der Waals surface area contributed by atoms with Gasteiger partial charge in [-0.3, -0.25) is 15.0 Å². The predicted molar refractivity (Wildman–Crippen MR) is 103 cm³/mol. The molecule has 0 radical (unpaired) electrons. The number of primary sulfonamides is 1. The van der Waals surface area contributed by atoms with Gasteiger partial charge >= 0.3 is 0 Å². The number of nitro benzene ring substituents is 1. The Kier molecular flexibility index (Phi) is 5.73. The molecule has 0 atom stereocenters. The summed E-state index contributed by atoms with van der Waals surface area (Å²) >= 11 is 0. The molecule has 0 aromatic heterocycles. The average Bonchev–Trinajstić information content (AvgIpc) is 2.66. The van der Waals surface area contributed by atoms with Crippen LogP contribution in [0.2, 0.25) is 0 Å². The van der Waals surface area contributed by atoms with Crippen molar-refractivity contribution in [3.63, 3.8) is 0 Å². The van der Waals surface area contributed by atoms with Gasteiger partial charge < -0.3 is 4.90 Å². The largest absolute Gasteiger partial charge is 0.368 e. The first-order chi connectivity index (χ1) is 12.8. The molecule has 0 amide bonds. The Labute approximate surface area is 158 Å². The smallest absolute Gasteiger partial charge is 0.270 e. The Balaban J connectivity index is 1.68. The molecule has 0 spiro atoms. The molecule has 0 unspecified atom stereocenters. The number of hydrogen-bond donors (Lipinski definition) is 1. The zero-order chi connectivity index (χ0) is 19.4. The van der Waals surface area contributed by atoms with Gasteiger partial charge in [0.2, 0.25) is 10.0 Å². The molecule has 27 heavy (non-hydrogen) atoms. The molecule has 1 heterocycles. The number of hydrogen-bond acceptors (Lipinski definition) is 6. The summed E-state index contributed by atoms with van der Waals surface area (Å²) in [5.41, 5.74) is 1.42. The van der Waals surface area contributed by atoms with Crippen LogP contribution in [0, 0.1) is 10.1 Å².